The van der Waals surface area contributed by atoms with Crippen molar-refractivity contribution in [3.05, 3.63) is 12.2 Å². The maximum atomic E-state index is 9.76. The molecule has 0 spiro atoms. The lowest BCUT2D eigenvalue weighted by molar-refractivity contribution is -0.137. The van der Waals surface area contributed by atoms with Crippen molar-refractivity contribution < 1.29 is 9.90 Å². The SMILES string of the molecule is C1=CC2CCC1C2.CCCCC(=O)O. The summed E-state index contributed by atoms with van der Waals surface area (Å²) in [6, 6.07) is 0. The van der Waals surface area contributed by atoms with E-state index in [4.69, 9.17) is 5.11 Å². The number of aliphatic carboxylic acids is 1. The molecule has 0 heterocycles. The molecule has 1 fully saturated rings. The third-order valence-corrected chi connectivity index (χ3v) is 2.91. The lowest BCUT2D eigenvalue weighted by Gasteiger charge is -1.96. The number of carbonyl (C=O) groups is 1. The second-order valence-corrected chi connectivity index (χ2v) is 4.22. The van der Waals surface area contributed by atoms with Crippen molar-refractivity contribution in [3.8, 4) is 0 Å². The van der Waals surface area contributed by atoms with E-state index in [9.17, 15) is 4.79 Å². The van der Waals surface area contributed by atoms with Crippen molar-refractivity contribution in [1.82, 2.24) is 0 Å². The first-order chi connectivity index (χ1) is 6.72. The molecule has 2 unspecified atom stereocenters. The van der Waals surface area contributed by atoms with E-state index in [2.05, 4.69) is 12.2 Å². The van der Waals surface area contributed by atoms with Gasteiger partial charge in [-0.3, -0.25) is 4.79 Å². The largest absolute Gasteiger partial charge is 0.481 e. The summed E-state index contributed by atoms with van der Waals surface area (Å²) in [5.41, 5.74) is 0. The topological polar surface area (TPSA) is 37.3 Å². The van der Waals surface area contributed by atoms with Crippen molar-refractivity contribution in [2.45, 2.75) is 45.4 Å². The maximum absolute atomic E-state index is 9.76. The molecule has 2 aliphatic carbocycles. The van der Waals surface area contributed by atoms with E-state index in [0.717, 1.165) is 24.7 Å². The Morgan fingerprint density at radius 3 is 2.07 bits per heavy atom. The van der Waals surface area contributed by atoms with Crippen LogP contribution in [0.3, 0.4) is 0 Å². The minimum Gasteiger partial charge on any atom is -0.481 e. The summed E-state index contributed by atoms with van der Waals surface area (Å²) in [4.78, 5) is 9.76. The normalized spacial score (nSPS) is 27.2. The van der Waals surface area contributed by atoms with Gasteiger partial charge < -0.3 is 5.11 Å². The molecule has 0 aromatic carbocycles. The minimum absolute atomic E-state index is 0.316. The molecule has 0 amide bonds. The van der Waals surface area contributed by atoms with Gasteiger partial charge in [0, 0.05) is 6.42 Å². The van der Waals surface area contributed by atoms with Gasteiger partial charge in [-0.25, -0.2) is 0 Å². The number of fused-ring (bicyclic) bond motifs is 2. The van der Waals surface area contributed by atoms with Gasteiger partial charge in [-0.2, -0.15) is 0 Å². The fourth-order valence-electron chi connectivity index (χ4n) is 2.04. The highest BCUT2D eigenvalue weighted by Crippen LogP contribution is 2.38. The molecule has 1 N–H and O–H groups in total. The zero-order valence-electron chi connectivity index (χ0n) is 8.91. The summed E-state index contributed by atoms with van der Waals surface area (Å²) < 4.78 is 0. The van der Waals surface area contributed by atoms with Crippen LogP contribution in [0.5, 0.6) is 0 Å². The van der Waals surface area contributed by atoms with Gasteiger partial charge in [0.2, 0.25) is 0 Å². The van der Waals surface area contributed by atoms with Gasteiger partial charge in [0.1, 0.15) is 0 Å². The van der Waals surface area contributed by atoms with Crippen molar-refractivity contribution in [1.29, 1.82) is 0 Å². The van der Waals surface area contributed by atoms with Gasteiger partial charge >= 0.3 is 5.97 Å². The minimum atomic E-state index is -0.693. The summed E-state index contributed by atoms with van der Waals surface area (Å²) in [7, 11) is 0. The van der Waals surface area contributed by atoms with E-state index in [1.807, 2.05) is 6.92 Å². The van der Waals surface area contributed by atoms with Crippen LogP contribution in [0.25, 0.3) is 0 Å². The van der Waals surface area contributed by atoms with E-state index in [1.54, 1.807) is 0 Å². The average molecular weight is 196 g/mol. The first kappa shape index (κ1) is 11.3. The molecule has 2 nitrogen and oxygen atoms in total. The summed E-state index contributed by atoms with van der Waals surface area (Å²) in [5.74, 6) is 1.29. The van der Waals surface area contributed by atoms with Crippen LogP contribution in [0.4, 0.5) is 0 Å². The van der Waals surface area contributed by atoms with Crippen LogP contribution in [0.1, 0.15) is 45.4 Å². The third kappa shape index (κ3) is 3.95. The molecule has 0 aromatic rings. The molecule has 2 bridgehead atoms. The van der Waals surface area contributed by atoms with Crippen LogP contribution < -0.4 is 0 Å². The lowest BCUT2D eigenvalue weighted by atomic mass is 10.1. The van der Waals surface area contributed by atoms with E-state index in [0.29, 0.717) is 6.42 Å². The van der Waals surface area contributed by atoms with Crippen molar-refractivity contribution >= 4 is 5.97 Å². The van der Waals surface area contributed by atoms with Crippen LogP contribution >= 0.6 is 0 Å². The van der Waals surface area contributed by atoms with Crippen LogP contribution in [-0.2, 0) is 4.79 Å². The molecular weight excluding hydrogens is 176 g/mol. The molecule has 2 atom stereocenters. The quantitative estimate of drug-likeness (QED) is 0.703. The average Bonchev–Trinajstić information content (AvgIpc) is 2.79. The van der Waals surface area contributed by atoms with Crippen molar-refractivity contribution in [2.75, 3.05) is 0 Å². The van der Waals surface area contributed by atoms with Crippen LogP contribution in [0, 0.1) is 11.8 Å². The molecule has 0 radical (unpaired) electrons. The maximum Gasteiger partial charge on any atom is 0.303 e. The molecule has 80 valence electrons. The van der Waals surface area contributed by atoms with Crippen molar-refractivity contribution in [2.24, 2.45) is 11.8 Å². The van der Waals surface area contributed by atoms with E-state index < -0.39 is 5.97 Å². The first-order valence-electron chi connectivity index (χ1n) is 5.62. The molecule has 0 saturated heterocycles. The Kier molecular flexibility index (Phi) is 4.71. The van der Waals surface area contributed by atoms with Crippen LogP contribution in [0.2, 0.25) is 0 Å². The number of allylic oxidation sites excluding steroid dienone is 2. The molecule has 1 saturated carbocycles. The summed E-state index contributed by atoms with van der Waals surface area (Å²) in [6.07, 6.45) is 11.3. The van der Waals surface area contributed by atoms with Gasteiger partial charge in [-0.05, 0) is 37.5 Å². The Labute approximate surface area is 86.0 Å². The highest BCUT2D eigenvalue weighted by atomic mass is 16.4. The number of hydrogen-bond donors (Lipinski definition) is 1. The fourth-order valence-corrected chi connectivity index (χ4v) is 2.04. The molecule has 0 aliphatic heterocycles. The number of hydrogen-bond acceptors (Lipinski definition) is 1. The van der Waals surface area contributed by atoms with Crippen LogP contribution in [-0.4, -0.2) is 11.1 Å². The second kappa shape index (κ2) is 5.84. The number of carboxylic acid groups (broad SMARTS) is 1. The van der Waals surface area contributed by atoms with E-state index in [-0.39, 0.29) is 0 Å². The molecule has 2 heteroatoms. The molecule has 14 heavy (non-hydrogen) atoms. The Morgan fingerprint density at radius 1 is 1.36 bits per heavy atom. The number of rotatable bonds is 3. The standard InChI is InChI=1S/C7H10.C5H10O2/c1-2-7-4-3-6(1)5-7;1-2-3-4-5(6)7/h1-2,6-7H,3-5H2;2-4H2,1H3,(H,6,7). The zero-order valence-corrected chi connectivity index (χ0v) is 8.91. The second-order valence-electron chi connectivity index (χ2n) is 4.22. The van der Waals surface area contributed by atoms with Gasteiger partial charge in [0.15, 0.2) is 0 Å². The third-order valence-electron chi connectivity index (χ3n) is 2.91. The monoisotopic (exact) mass is 196 g/mol. The Morgan fingerprint density at radius 2 is 1.93 bits per heavy atom. The fraction of sp³-hybridized carbons (Fsp3) is 0.750. The Hall–Kier alpha value is -0.790. The van der Waals surface area contributed by atoms with Gasteiger partial charge in [0.05, 0.1) is 0 Å². The van der Waals surface area contributed by atoms with E-state index >= 15 is 0 Å². The van der Waals surface area contributed by atoms with Crippen molar-refractivity contribution in [3.63, 3.8) is 0 Å². The van der Waals surface area contributed by atoms with Crippen LogP contribution in [0.15, 0.2) is 12.2 Å². The Bertz CT molecular complexity index is 196. The molecular formula is C12H20O2. The molecule has 2 aliphatic rings. The highest BCUT2D eigenvalue weighted by molar-refractivity contribution is 5.66. The predicted molar refractivity (Wildman–Crippen MR) is 57.1 cm³/mol. The number of unbranched alkanes of at least 4 members (excludes halogenated alkanes) is 1. The summed E-state index contributed by atoms with van der Waals surface area (Å²) in [5, 5.41) is 8.04. The predicted octanol–water partition coefficient (Wildman–Crippen LogP) is 3.23. The van der Waals surface area contributed by atoms with Gasteiger partial charge in [-0.1, -0.05) is 25.5 Å². The highest BCUT2D eigenvalue weighted by Gasteiger charge is 2.25. The van der Waals surface area contributed by atoms with E-state index in [1.165, 1.54) is 19.3 Å². The zero-order chi connectivity index (χ0) is 10.4. The molecule has 2 rings (SSSR count). The lowest BCUT2D eigenvalue weighted by Crippen LogP contribution is -1.91. The first-order valence-corrected chi connectivity index (χ1v) is 5.62. The van der Waals surface area contributed by atoms with Gasteiger partial charge in [0.25, 0.3) is 0 Å². The summed E-state index contributed by atoms with van der Waals surface area (Å²) in [6.45, 7) is 1.98. The Balaban J connectivity index is 0.000000140. The summed E-state index contributed by atoms with van der Waals surface area (Å²) >= 11 is 0. The number of carboxylic acids is 1. The smallest absolute Gasteiger partial charge is 0.303 e. The molecule has 0 aromatic heterocycles. The van der Waals surface area contributed by atoms with Gasteiger partial charge in [-0.15, -0.1) is 0 Å².